The lowest BCUT2D eigenvalue weighted by molar-refractivity contribution is 1.36. The van der Waals surface area contributed by atoms with Gasteiger partial charge in [-0.2, -0.15) is 0 Å². The highest BCUT2D eigenvalue weighted by Crippen LogP contribution is 1.95. The molecule has 0 spiro atoms. The molecule has 0 aromatic rings. The molecular formula is C7H12N2. The van der Waals surface area contributed by atoms with Crippen LogP contribution in [-0.2, 0) is 0 Å². The molecule has 0 aliphatic heterocycles. The van der Waals surface area contributed by atoms with Crippen molar-refractivity contribution in [1.82, 2.24) is 0 Å². The van der Waals surface area contributed by atoms with Gasteiger partial charge in [0.1, 0.15) is 0 Å². The van der Waals surface area contributed by atoms with Gasteiger partial charge in [-0.15, -0.1) is 0 Å². The maximum Gasteiger partial charge on any atom is 0.0787 e. The largest absolute Gasteiger partial charge is 0.303 e. The van der Waals surface area contributed by atoms with Gasteiger partial charge >= 0.3 is 0 Å². The van der Waals surface area contributed by atoms with Crippen LogP contribution in [0.3, 0.4) is 0 Å². The molecule has 0 aromatic heterocycles. The normalized spacial score (nSPS) is 12.6. The number of allylic oxidation sites excluding steroid dienone is 2. The summed E-state index contributed by atoms with van der Waals surface area (Å²) in [6.45, 7) is 5.44. The van der Waals surface area contributed by atoms with Gasteiger partial charge in [-0.1, -0.05) is 6.08 Å². The average molecular weight is 124 g/mol. The Morgan fingerprint density at radius 1 is 1.44 bits per heavy atom. The summed E-state index contributed by atoms with van der Waals surface area (Å²) >= 11 is 0. The van der Waals surface area contributed by atoms with Crippen molar-refractivity contribution in [3.8, 4) is 0 Å². The lowest BCUT2D eigenvalue weighted by Gasteiger charge is -1.93. The van der Waals surface area contributed by atoms with Crippen LogP contribution >= 0.6 is 0 Å². The second-order valence-electron chi connectivity index (χ2n) is 1.69. The van der Waals surface area contributed by atoms with Gasteiger partial charge in [-0.05, 0) is 20.8 Å². The zero-order chi connectivity index (χ0) is 7.28. The Hall–Kier alpha value is -0.920. The first kappa shape index (κ1) is 8.08. The minimum Gasteiger partial charge on any atom is -0.303 e. The topological polar surface area (TPSA) is 36.2 Å². The van der Waals surface area contributed by atoms with E-state index < -0.39 is 0 Å². The molecule has 1 N–H and O–H groups in total. The van der Waals surface area contributed by atoms with Gasteiger partial charge in [-0.25, -0.2) is 0 Å². The molecule has 0 aliphatic carbocycles. The standard InChI is InChI=1S/C7H12N2/c1-4-7(6(3)8)9-5-2/h4-5,8H,1-3H3/b7-4-,8-6?,9-5?. The summed E-state index contributed by atoms with van der Waals surface area (Å²) in [7, 11) is 0. The van der Waals surface area contributed by atoms with E-state index in [2.05, 4.69) is 4.99 Å². The van der Waals surface area contributed by atoms with Crippen molar-refractivity contribution in [3.63, 3.8) is 0 Å². The Morgan fingerprint density at radius 3 is 2.11 bits per heavy atom. The molecule has 0 rings (SSSR count). The van der Waals surface area contributed by atoms with Crippen molar-refractivity contribution in [2.24, 2.45) is 4.99 Å². The van der Waals surface area contributed by atoms with Crippen LogP contribution < -0.4 is 0 Å². The third-order valence-electron chi connectivity index (χ3n) is 0.926. The summed E-state index contributed by atoms with van der Waals surface area (Å²) in [5.41, 5.74) is 1.26. The number of hydrogen-bond donors (Lipinski definition) is 1. The summed E-state index contributed by atoms with van der Waals surface area (Å²) in [6, 6.07) is 0. The van der Waals surface area contributed by atoms with Crippen LogP contribution in [0.1, 0.15) is 20.8 Å². The fourth-order valence-corrected chi connectivity index (χ4v) is 0.527. The van der Waals surface area contributed by atoms with Crippen molar-refractivity contribution < 1.29 is 0 Å². The van der Waals surface area contributed by atoms with Gasteiger partial charge in [0, 0.05) is 6.21 Å². The maximum absolute atomic E-state index is 7.17. The molecule has 2 heteroatoms. The van der Waals surface area contributed by atoms with Crippen molar-refractivity contribution >= 4 is 11.9 Å². The molecule has 0 bridgehead atoms. The number of nitrogens with one attached hydrogen (secondary N) is 1. The molecule has 0 aliphatic rings. The van der Waals surface area contributed by atoms with Gasteiger partial charge < -0.3 is 5.41 Å². The Kier molecular flexibility index (Phi) is 3.60. The van der Waals surface area contributed by atoms with E-state index in [1.807, 2.05) is 19.9 Å². The minimum atomic E-state index is 0.510. The second kappa shape index (κ2) is 4.01. The molecule has 9 heavy (non-hydrogen) atoms. The summed E-state index contributed by atoms with van der Waals surface area (Å²) in [5, 5.41) is 7.17. The van der Waals surface area contributed by atoms with E-state index in [1.165, 1.54) is 0 Å². The van der Waals surface area contributed by atoms with Gasteiger partial charge in [0.25, 0.3) is 0 Å². The van der Waals surface area contributed by atoms with E-state index in [9.17, 15) is 0 Å². The van der Waals surface area contributed by atoms with Crippen LogP contribution in [0, 0.1) is 5.41 Å². The fourth-order valence-electron chi connectivity index (χ4n) is 0.527. The van der Waals surface area contributed by atoms with Crippen LogP contribution in [0.2, 0.25) is 0 Å². The molecular weight excluding hydrogens is 112 g/mol. The lowest BCUT2D eigenvalue weighted by Crippen LogP contribution is -1.90. The van der Waals surface area contributed by atoms with Crippen LogP contribution in [0.15, 0.2) is 16.8 Å². The van der Waals surface area contributed by atoms with Gasteiger partial charge in [0.15, 0.2) is 0 Å². The zero-order valence-corrected chi connectivity index (χ0v) is 6.10. The van der Waals surface area contributed by atoms with Gasteiger partial charge in [0.2, 0.25) is 0 Å². The molecule has 0 radical (unpaired) electrons. The summed E-state index contributed by atoms with van der Waals surface area (Å²) in [4.78, 5) is 3.95. The van der Waals surface area contributed by atoms with E-state index >= 15 is 0 Å². The molecule has 0 unspecified atom stereocenters. The van der Waals surface area contributed by atoms with Crippen molar-refractivity contribution in [2.75, 3.05) is 0 Å². The molecule has 0 fully saturated rings. The van der Waals surface area contributed by atoms with Crippen molar-refractivity contribution in [1.29, 1.82) is 5.41 Å². The number of nitrogens with zero attached hydrogens (tertiary/aromatic N) is 1. The first-order valence-corrected chi connectivity index (χ1v) is 2.93. The zero-order valence-electron chi connectivity index (χ0n) is 6.10. The molecule has 0 saturated carbocycles. The molecule has 0 aromatic carbocycles. The van der Waals surface area contributed by atoms with Crippen LogP contribution in [0.5, 0.6) is 0 Å². The highest BCUT2D eigenvalue weighted by atomic mass is 14.7. The predicted molar refractivity (Wildman–Crippen MR) is 41.3 cm³/mol. The van der Waals surface area contributed by atoms with Crippen LogP contribution in [0.25, 0.3) is 0 Å². The summed E-state index contributed by atoms with van der Waals surface area (Å²) < 4.78 is 0. The highest BCUT2D eigenvalue weighted by Gasteiger charge is 1.90. The number of hydrogen-bond acceptors (Lipinski definition) is 2. The number of aliphatic imine (C=N–C) groups is 1. The van der Waals surface area contributed by atoms with Gasteiger partial charge in [-0.3, -0.25) is 4.99 Å². The summed E-state index contributed by atoms with van der Waals surface area (Å²) in [5.74, 6) is 0. The first-order chi connectivity index (χ1) is 4.22. The monoisotopic (exact) mass is 124 g/mol. The number of rotatable bonds is 2. The van der Waals surface area contributed by atoms with Crippen molar-refractivity contribution in [3.05, 3.63) is 11.8 Å². The predicted octanol–water partition coefficient (Wildman–Crippen LogP) is 2.02. The Balaban J connectivity index is 4.19. The third kappa shape index (κ3) is 2.80. The van der Waals surface area contributed by atoms with Crippen LogP contribution in [-0.4, -0.2) is 11.9 Å². The quantitative estimate of drug-likeness (QED) is 0.547. The van der Waals surface area contributed by atoms with E-state index in [4.69, 9.17) is 5.41 Å². The molecule has 2 nitrogen and oxygen atoms in total. The molecule has 50 valence electrons. The molecule has 0 saturated heterocycles. The van der Waals surface area contributed by atoms with Crippen molar-refractivity contribution in [2.45, 2.75) is 20.8 Å². The third-order valence-corrected chi connectivity index (χ3v) is 0.926. The molecule has 0 heterocycles. The Morgan fingerprint density at radius 2 is 2.00 bits per heavy atom. The SMILES string of the molecule is CC=N/C(=C\C)C(C)=N. The van der Waals surface area contributed by atoms with E-state index in [0.717, 1.165) is 5.70 Å². The molecule has 0 atom stereocenters. The van der Waals surface area contributed by atoms with Crippen LogP contribution in [0.4, 0.5) is 0 Å². The average Bonchev–Trinajstić information content (AvgIpc) is 1.82. The minimum absolute atomic E-state index is 0.510. The molecule has 0 amide bonds. The lowest BCUT2D eigenvalue weighted by atomic mass is 10.3. The second-order valence-corrected chi connectivity index (χ2v) is 1.69. The Labute approximate surface area is 55.8 Å². The first-order valence-electron chi connectivity index (χ1n) is 2.93. The summed E-state index contributed by atoms with van der Waals surface area (Å²) in [6.07, 6.45) is 3.51. The van der Waals surface area contributed by atoms with E-state index in [-0.39, 0.29) is 0 Å². The van der Waals surface area contributed by atoms with E-state index in [0.29, 0.717) is 5.71 Å². The smallest absolute Gasteiger partial charge is 0.0787 e. The van der Waals surface area contributed by atoms with E-state index in [1.54, 1.807) is 13.1 Å². The van der Waals surface area contributed by atoms with Gasteiger partial charge in [0.05, 0.1) is 11.4 Å². The highest BCUT2D eigenvalue weighted by molar-refractivity contribution is 5.96. The Bertz CT molecular complexity index is 154. The fraction of sp³-hybridized carbons (Fsp3) is 0.429. The maximum atomic E-state index is 7.17.